The van der Waals surface area contributed by atoms with Crippen molar-refractivity contribution in [1.82, 2.24) is 10.2 Å². The number of rotatable bonds is 5. The van der Waals surface area contributed by atoms with E-state index in [-0.39, 0.29) is 16.8 Å². The van der Waals surface area contributed by atoms with Gasteiger partial charge in [-0.3, -0.25) is 14.9 Å². The molecule has 1 aliphatic rings. The molecule has 210 valence electrons. The fraction of sp³-hybridized carbons (Fsp3) is 0.219. The van der Waals surface area contributed by atoms with Gasteiger partial charge >= 0.3 is 0 Å². The molecule has 2 amide bonds. The van der Waals surface area contributed by atoms with E-state index in [0.29, 0.717) is 42.6 Å². The summed E-state index contributed by atoms with van der Waals surface area (Å²) in [6.45, 7) is 8.60. The molecule has 1 aromatic heterocycles. The maximum Gasteiger partial charge on any atom is 0.293 e. The van der Waals surface area contributed by atoms with Crippen LogP contribution in [0.4, 0.5) is 11.4 Å². The number of aryl methyl sites for hydroxylation is 3. The molecule has 0 atom stereocenters. The van der Waals surface area contributed by atoms with Crippen LogP contribution in [0.3, 0.4) is 0 Å². The quantitative estimate of drug-likeness (QED) is 0.256. The van der Waals surface area contributed by atoms with Crippen molar-refractivity contribution in [3.63, 3.8) is 0 Å². The Hall–Kier alpha value is -4.14. The largest absolute Gasteiger partial charge is 0.451 e. The molecule has 0 aliphatic carbocycles. The SMILES string of the molecule is Cc1ccc(-c2ccc(C(=O)NC(=S)Nc3ccc(N4CCN(C(=O)c5ccccc5C)CC4)c(Cl)c3)o2)cc1C. The van der Waals surface area contributed by atoms with Gasteiger partial charge in [-0.2, -0.15) is 0 Å². The van der Waals surface area contributed by atoms with Gasteiger partial charge in [0.25, 0.3) is 11.8 Å². The van der Waals surface area contributed by atoms with E-state index < -0.39 is 5.91 Å². The van der Waals surface area contributed by atoms with E-state index in [1.807, 2.05) is 80.3 Å². The lowest BCUT2D eigenvalue weighted by atomic mass is 10.1. The topological polar surface area (TPSA) is 77.8 Å². The molecule has 2 N–H and O–H groups in total. The molecule has 5 rings (SSSR count). The van der Waals surface area contributed by atoms with Crippen LogP contribution in [0.1, 0.15) is 37.6 Å². The van der Waals surface area contributed by atoms with Gasteiger partial charge < -0.3 is 19.5 Å². The molecule has 0 spiro atoms. The summed E-state index contributed by atoms with van der Waals surface area (Å²) < 4.78 is 5.78. The Morgan fingerprint density at radius 3 is 2.32 bits per heavy atom. The van der Waals surface area contributed by atoms with Crippen LogP contribution in [-0.4, -0.2) is 48.0 Å². The van der Waals surface area contributed by atoms with Crippen molar-refractivity contribution in [2.75, 3.05) is 36.4 Å². The van der Waals surface area contributed by atoms with E-state index in [1.54, 1.807) is 18.2 Å². The zero-order chi connectivity index (χ0) is 29.1. The van der Waals surface area contributed by atoms with Crippen molar-refractivity contribution in [3.8, 4) is 11.3 Å². The highest BCUT2D eigenvalue weighted by Gasteiger charge is 2.24. The predicted molar refractivity (Wildman–Crippen MR) is 168 cm³/mol. The third-order valence-electron chi connectivity index (χ3n) is 7.34. The van der Waals surface area contributed by atoms with Gasteiger partial charge in [-0.15, -0.1) is 0 Å². The minimum absolute atomic E-state index is 0.0555. The molecule has 4 aromatic rings. The maximum absolute atomic E-state index is 13.0. The van der Waals surface area contributed by atoms with Gasteiger partial charge in [0.1, 0.15) is 5.76 Å². The number of amides is 2. The van der Waals surface area contributed by atoms with Crippen LogP contribution in [0, 0.1) is 20.8 Å². The van der Waals surface area contributed by atoms with Crippen molar-refractivity contribution in [2.24, 2.45) is 0 Å². The average molecular weight is 587 g/mol. The normalized spacial score (nSPS) is 13.2. The molecule has 7 nitrogen and oxygen atoms in total. The molecule has 1 aliphatic heterocycles. The van der Waals surface area contributed by atoms with Crippen LogP contribution in [0.25, 0.3) is 11.3 Å². The summed E-state index contributed by atoms with van der Waals surface area (Å²) in [5.74, 6) is 0.383. The Bertz CT molecular complexity index is 1620. The van der Waals surface area contributed by atoms with E-state index in [1.165, 1.54) is 5.56 Å². The van der Waals surface area contributed by atoms with Gasteiger partial charge in [-0.25, -0.2) is 0 Å². The Labute approximate surface area is 250 Å². The van der Waals surface area contributed by atoms with Crippen molar-refractivity contribution in [1.29, 1.82) is 0 Å². The average Bonchev–Trinajstić information content (AvgIpc) is 3.45. The maximum atomic E-state index is 13.0. The summed E-state index contributed by atoms with van der Waals surface area (Å²) in [5, 5.41) is 6.35. The summed E-state index contributed by atoms with van der Waals surface area (Å²) >= 11 is 12.0. The number of piperazine rings is 1. The van der Waals surface area contributed by atoms with Crippen molar-refractivity contribution in [2.45, 2.75) is 20.8 Å². The number of benzene rings is 3. The van der Waals surface area contributed by atoms with Gasteiger partial charge in [0, 0.05) is 43.0 Å². The van der Waals surface area contributed by atoms with Gasteiger partial charge in [-0.05, 0) is 92.1 Å². The van der Waals surface area contributed by atoms with E-state index in [2.05, 4.69) is 15.5 Å². The third-order valence-corrected chi connectivity index (χ3v) is 7.84. The van der Waals surface area contributed by atoms with Gasteiger partial charge in [0.05, 0.1) is 10.7 Å². The highest BCUT2D eigenvalue weighted by molar-refractivity contribution is 7.80. The van der Waals surface area contributed by atoms with Crippen LogP contribution in [-0.2, 0) is 0 Å². The fourth-order valence-corrected chi connectivity index (χ4v) is 5.32. The highest BCUT2D eigenvalue weighted by Crippen LogP contribution is 2.30. The first-order valence-electron chi connectivity index (χ1n) is 13.4. The molecule has 1 fully saturated rings. The number of hydrogen-bond acceptors (Lipinski definition) is 5. The molecular weight excluding hydrogens is 556 g/mol. The molecule has 1 saturated heterocycles. The van der Waals surface area contributed by atoms with Crippen LogP contribution < -0.4 is 15.5 Å². The summed E-state index contributed by atoms with van der Waals surface area (Å²) in [6, 6.07) is 22.6. The standard InChI is InChI=1S/C32H31ClN4O3S/c1-20-8-9-23(18-22(20)3)28-12-13-29(40-28)30(38)35-32(41)34-24-10-11-27(26(33)19-24)36-14-16-37(17-15-36)31(39)25-7-5-4-6-21(25)2/h4-13,18-19H,14-17H2,1-3H3,(H2,34,35,38,41). The zero-order valence-electron chi connectivity index (χ0n) is 23.2. The van der Waals surface area contributed by atoms with Crippen molar-refractivity contribution >= 4 is 52.1 Å². The second kappa shape index (κ2) is 12.2. The van der Waals surface area contributed by atoms with Crippen LogP contribution in [0.2, 0.25) is 5.02 Å². The molecule has 0 unspecified atom stereocenters. The first-order valence-corrected chi connectivity index (χ1v) is 14.2. The Morgan fingerprint density at radius 1 is 0.854 bits per heavy atom. The Kier molecular flexibility index (Phi) is 8.42. The number of furan rings is 1. The smallest absolute Gasteiger partial charge is 0.293 e. The zero-order valence-corrected chi connectivity index (χ0v) is 24.7. The molecule has 0 bridgehead atoms. The number of halogens is 1. The van der Waals surface area contributed by atoms with Gasteiger partial charge in [0.2, 0.25) is 0 Å². The number of nitrogens with one attached hydrogen (secondary N) is 2. The van der Waals surface area contributed by atoms with Crippen molar-refractivity contribution in [3.05, 3.63) is 106 Å². The minimum Gasteiger partial charge on any atom is -0.451 e. The van der Waals surface area contributed by atoms with E-state index in [9.17, 15) is 9.59 Å². The Morgan fingerprint density at radius 2 is 1.61 bits per heavy atom. The monoisotopic (exact) mass is 586 g/mol. The summed E-state index contributed by atoms with van der Waals surface area (Å²) in [5.41, 5.74) is 6.49. The molecule has 0 radical (unpaired) electrons. The molecule has 2 heterocycles. The molecule has 9 heteroatoms. The second-order valence-electron chi connectivity index (χ2n) is 10.1. The molecule has 3 aromatic carbocycles. The molecular formula is C32H31ClN4O3S. The van der Waals surface area contributed by atoms with E-state index >= 15 is 0 Å². The first kappa shape index (κ1) is 28.4. The van der Waals surface area contributed by atoms with Crippen LogP contribution in [0.15, 0.2) is 77.2 Å². The predicted octanol–water partition coefficient (Wildman–Crippen LogP) is 6.61. The van der Waals surface area contributed by atoms with Crippen LogP contribution in [0.5, 0.6) is 0 Å². The van der Waals surface area contributed by atoms with Crippen molar-refractivity contribution < 1.29 is 14.0 Å². The number of carbonyl (C=O) groups excluding carboxylic acids is 2. The first-order chi connectivity index (χ1) is 19.7. The number of nitrogens with zero attached hydrogens (tertiary/aromatic N) is 2. The van der Waals surface area contributed by atoms with Gasteiger partial charge in [-0.1, -0.05) is 41.9 Å². The summed E-state index contributed by atoms with van der Waals surface area (Å²) in [4.78, 5) is 29.7. The van der Waals surface area contributed by atoms with E-state index in [0.717, 1.165) is 27.9 Å². The number of thiocarbonyl (C=S) groups is 1. The second-order valence-corrected chi connectivity index (χ2v) is 10.9. The fourth-order valence-electron chi connectivity index (χ4n) is 4.81. The lowest BCUT2D eigenvalue weighted by Gasteiger charge is -2.36. The summed E-state index contributed by atoms with van der Waals surface area (Å²) in [7, 11) is 0. The lowest BCUT2D eigenvalue weighted by Crippen LogP contribution is -2.49. The molecule has 41 heavy (non-hydrogen) atoms. The Balaban J connectivity index is 1.15. The van der Waals surface area contributed by atoms with Gasteiger partial charge in [0.15, 0.2) is 10.9 Å². The summed E-state index contributed by atoms with van der Waals surface area (Å²) in [6.07, 6.45) is 0. The number of hydrogen-bond donors (Lipinski definition) is 2. The molecule has 0 saturated carbocycles. The number of carbonyl (C=O) groups is 2. The highest BCUT2D eigenvalue weighted by atomic mass is 35.5. The minimum atomic E-state index is -0.446. The van der Waals surface area contributed by atoms with E-state index in [4.69, 9.17) is 28.2 Å². The lowest BCUT2D eigenvalue weighted by molar-refractivity contribution is 0.0746. The third kappa shape index (κ3) is 6.45. The number of anilines is 2. The van der Waals surface area contributed by atoms with Crippen LogP contribution >= 0.6 is 23.8 Å².